The third kappa shape index (κ3) is 2.84. The second kappa shape index (κ2) is 4.58. The standard InChI is InChI=1S/C10H7ClO2/c11-9-5-3-8(4-6-9)10(13)2-1-7-12/h1-7H/b2-1+. The van der Waals surface area contributed by atoms with E-state index in [4.69, 9.17) is 11.6 Å². The van der Waals surface area contributed by atoms with Crippen molar-refractivity contribution in [2.75, 3.05) is 0 Å². The number of benzene rings is 1. The van der Waals surface area contributed by atoms with Crippen LogP contribution in [0.5, 0.6) is 0 Å². The summed E-state index contributed by atoms with van der Waals surface area (Å²) < 4.78 is 0. The Kier molecular flexibility index (Phi) is 3.41. The molecule has 13 heavy (non-hydrogen) atoms. The van der Waals surface area contributed by atoms with Crippen molar-refractivity contribution in [1.82, 2.24) is 0 Å². The van der Waals surface area contributed by atoms with Gasteiger partial charge in [-0.3, -0.25) is 9.59 Å². The van der Waals surface area contributed by atoms with Gasteiger partial charge in [-0.2, -0.15) is 0 Å². The zero-order valence-corrected chi connectivity index (χ0v) is 7.49. The van der Waals surface area contributed by atoms with Crippen LogP contribution in [0, 0.1) is 0 Å². The van der Waals surface area contributed by atoms with Crippen molar-refractivity contribution in [3.05, 3.63) is 47.0 Å². The summed E-state index contributed by atoms with van der Waals surface area (Å²) in [6.45, 7) is 0. The fraction of sp³-hybridized carbons (Fsp3) is 0. The van der Waals surface area contributed by atoms with Crippen molar-refractivity contribution < 1.29 is 9.59 Å². The van der Waals surface area contributed by atoms with E-state index in [1.165, 1.54) is 6.08 Å². The minimum atomic E-state index is -0.205. The molecule has 1 aromatic carbocycles. The predicted octanol–water partition coefficient (Wildman–Crippen LogP) is 2.28. The Morgan fingerprint density at radius 3 is 2.38 bits per heavy atom. The Bertz CT molecular complexity index is 338. The van der Waals surface area contributed by atoms with Crippen LogP contribution >= 0.6 is 11.6 Å². The zero-order chi connectivity index (χ0) is 9.68. The van der Waals surface area contributed by atoms with E-state index in [0.29, 0.717) is 16.9 Å². The summed E-state index contributed by atoms with van der Waals surface area (Å²) >= 11 is 5.64. The van der Waals surface area contributed by atoms with Crippen LogP contribution in [0.3, 0.4) is 0 Å². The average Bonchev–Trinajstić information content (AvgIpc) is 2.15. The Balaban J connectivity index is 2.83. The second-order valence-electron chi connectivity index (χ2n) is 2.37. The first-order valence-corrected chi connectivity index (χ1v) is 4.03. The van der Waals surface area contributed by atoms with Crippen LogP contribution in [0.25, 0.3) is 0 Å². The van der Waals surface area contributed by atoms with Crippen molar-refractivity contribution in [3.8, 4) is 0 Å². The van der Waals surface area contributed by atoms with E-state index >= 15 is 0 Å². The number of carbonyl (C=O) groups excluding carboxylic acids is 2. The lowest BCUT2D eigenvalue weighted by Crippen LogP contribution is -1.93. The third-order valence-electron chi connectivity index (χ3n) is 1.45. The van der Waals surface area contributed by atoms with Gasteiger partial charge in [0.2, 0.25) is 0 Å². The highest BCUT2D eigenvalue weighted by Crippen LogP contribution is 2.10. The topological polar surface area (TPSA) is 34.1 Å². The van der Waals surface area contributed by atoms with Gasteiger partial charge in [0.05, 0.1) is 0 Å². The molecule has 0 aliphatic rings. The van der Waals surface area contributed by atoms with Crippen molar-refractivity contribution in [3.63, 3.8) is 0 Å². The van der Waals surface area contributed by atoms with E-state index in [2.05, 4.69) is 0 Å². The van der Waals surface area contributed by atoms with Gasteiger partial charge >= 0.3 is 0 Å². The first kappa shape index (κ1) is 9.68. The second-order valence-corrected chi connectivity index (χ2v) is 2.80. The van der Waals surface area contributed by atoms with E-state index < -0.39 is 0 Å². The van der Waals surface area contributed by atoms with Crippen LogP contribution < -0.4 is 0 Å². The largest absolute Gasteiger partial charge is 0.299 e. The molecule has 0 aliphatic carbocycles. The number of rotatable bonds is 3. The van der Waals surface area contributed by atoms with Gasteiger partial charge in [-0.05, 0) is 36.4 Å². The normalized spacial score (nSPS) is 10.2. The first-order chi connectivity index (χ1) is 6.24. The highest BCUT2D eigenvalue weighted by molar-refractivity contribution is 6.30. The molecule has 0 radical (unpaired) electrons. The van der Waals surface area contributed by atoms with E-state index in [9.17, 15) is 9.59 Å². The number of halogens is 1. The maximum absolute atomic E-state index is 11.2. The molecule has 0 heterocycles. The van der Waals surface area contributed by atoms with Crippen molar-refractivity contribution in [1.29, 1.82) is 0 Å². The SMILES string of the molecule is O=C/C=C/C(=O)c1ccc(Cl)cc1. The van der Waals surface area contributed by atoms with Gasteiger partial charge in [0.25, 0.3) is 0 Å². The minimum Gasteiger partial charge on any atom is -0.299 e. The molecule has 0 fully saturated rings. The summed E-state index contributed by atoms with van der Waals surface area (Å²) in [5.41, 5.74) is 0.516. The van der Waals surface area contributed by atoms with Gasteiger partial charge in [0.1, 0.15) is 6.29 Å². The number of allylic oxidation sites excluding steroid dienone is 2. The summed E-state index contributed by atoms with van der Waals surface area (Å²) in [4.78, 5) is 21.2. The Morgan fingerprint density at radius 1 is 1.23 bits per heavy atom. The molecule has 66 valence electrons. The molecule has 0 saturated carbocycles. The molecule has 0 unspecified atom stereocenters. The van der Waals surface area contributed by atoms with Crippen molar-refractivity contribution >= 4 is 23.7 Å². The molecule has 0 saturated heterocycles. The third-order valence-corrected chi connectivity index (χ3v) is 1.71. The van der Waals surface area contributed by atoms with Gasteiger partial charge in [-0.15, -0.1) is 0 Å². The van der Waals surface area contributed by atoms with Crippen molar-refractivity contribution in [2.24, 2.45) is 0 Å². The lowest BCUT2D eigenvalue weighted by molar-refractivity contribution is -0.104. The predicted molar refractivity (Wildman–Crippen MR) is 51.0 cm³/mol. The molecule has 0 aliphatic heterocycles. The molecule has 0 spiro atoms. The van der Waals surface area contributed by atoms with E-state index in [1.807, 2.05) is 0 Å². The van der Waals surface area contributed by atoms with Gasteiger partial charge in [-0.25, -0.2) is 0 Å². The molecule has 1 rings (SSSR count). The lowest BCUT2D eigenvalue weighted by atomic mass is 10.1. The van der Waals surface area contributed by atoms with Crippen LogP contribution in [0.2, 0.25) is 5.02 Å². The fourth-order valence-electron chi connectivity index (χ4n) is 0.837. The molecule has 2 nitrogen and oxygen atoms in total. The number of ketones is 1. The molecule has 0 amide bonds. The average molecular weight is 195 g/mol. The van der Waals surface area contributed by atoms with Crippen LogP contribution in [0.15, 0.2) is 36.4 Å². The number of hydrogen-bond acceptors (Lipinski definition) is 2. The summed E-state index contributed by atoms with van der Waals surface area (Å²) in [6.07, 6.45) is 2.95. The lowest BCUT2D eigenvalue weighted by Gasteiger charge is -1.94. The maximum Gasteiger partial charge on any atom is 0.185 e. The summed E-state index contributed by atoms with van der Waals surface area (Å²) in [5, 5.41) is 0.580. The highest BCUT2D eigenvalue weighted by atomic mass is 35.5. The minimum absolute atomic E-state index is 0.205. The van der Waals surface area contributed by atoms with Gasteiger partial charge < -0.3 is 0 Å². The summed E-state index contributed by atoms with van der Waals surface area (Å²) in [7, 11) is 0. The molecular formula is C10H7ClO2. The summed E-state index contributed by atoms with van der Waals surface area (Å²) in [5.74, 6) is -0.205. The highest BCUT2D eigenvalue weighted by Gasteiger charge is 1.99. The molecule has 0 N–H and O–H groups in total. The molecule has 0 aromatic heterocycles. The van der Waals surface area contributed by atoms with Crippen LogP contribution in [-0.2, 0) is 4.79 Å². The number of carbonyl (C=O) groups is 2. The Hall–Kier alpha value is -1.41. The van der Waals surface area contributed by atoms with Crippen LogP contribution in [0.4, 0.5) is 0 Å². The maximum atomic E-state index is 11.2. The van der Waals surface area contributed by atoms with Crippen molar-refractivity contribution in [2.45, 2.75) is 0 Å². The van der Waals surface area contributed by atoms with E-state index in [1.54, 1.807) is 24.3 Å². The van der Waals surface area contributed by atoms with Gasteiger partial charge in [0.15, 0.2) is 5.78 Å². The van der Waals surface area contributed by atoms with E-state index in [-0.39, 0.29) is 5.78 Å². The fourth-order valence-corrected chi connectivity index (χ4v) is 0.963. The molecule has 3 heteroatoms. The van der Waals surface area contributed by atoms with Crippen LogP contribution in [-0.4, -0.2) is 12.1 Å². The smallest absolute Gasteiger partial charge is 0.185 e. The quantitative estimate of drug-likeness (QED) is 0.420. The van der Waals surface area contributed by atoms with Gasteiger partial charge in [-0.1, -0.05) is 11.6 Å². The zero-order valence-electron chi connectivity index (χ0n) is 6.74. The molecule has 0 atom stereocenters. The Labute approximate surface area is 80.8 Å². The number of hydrogen-bond donors (Lipinski definition) is 0. The van der Waals surface area contributed by atoms with Gasteiger partial charge in [0, 0.05) is 10.6 Å². The summed E-state index contributed by atoms with van der Waals surface area (Å²) in [6, 6.07) is 6.48. The molecule has 0 bridgehead atoms. The Morgan fingerprint density at radius 2 is 1.85 bits per heavy atom. The first-order valence-electron chi connectivity index (χ1n) is 3.66. The van der Waals surface area contributed by atoms with Crippen LogP contribution in [0.1, 0.15) is 10.4 Å². The molecular weight excluding hydrogens is 188 g/mol. The monoisotopic (exact) mass is 194 g/mol. The van der Waals surface area contributed by atoms with E-state index in [0.717, 1.165) is 6.08 Å². The molecule has 1 aromatic rings. The number of aldehydes is 1.